The van der Waals surface area contributed by atoms with Crippen molar-refractivity contribution in [1.82, 2.24) is 5.43 Å². The van der Waals surface area contributed by atoms with Gasteiger partial charge in [0, 0.05) is 25.6 Å². The average Bonchev–Trinajstić information content (AvgIpc) is 3.28. The maximum absolute atomic E-state index is 12.7. The molecule has 1 heterocycles. The van der Waals surface area contributed by atoms with Crippen LogP contribution in [0.5, 0.6) is 5.75 Å². The van der Waals surface area contributed by atoms with Gasteiger partial charge in [0.25, 0.3) is 5.91 Å². The topological polar surface area (TPSA) is 63.8 Å². The highest BCUT2D eigenvalue weighted by Gasteiger charge is 2.12. The van der Waals surface area contributed by atoms with Gasteiger partial charge in [0.15, 0.2) is 0 Å². The number of amides is 1. The van der Waals surface area contributed by atoms with E-state index in [2.05, 4.69) is 26.5 Å². The zero-order valence-corrected chi connectivity index (χ0v) is 20.2. The van der Waals surface area contributed by atoms with E-state index in [0.717, 1.165) is 15.6 Å². The smallest absolute Gasteiger partial charge is 0.275 e. The number of rotatable bonds is 7. The van der Waals surface area contributed by atoms with Gasteiger partial charge >= 0.3 is 0 Å². The minimum absolute atomic E-state index is 0.189. The summed E-state index contributed by atoms with van der Waals surface area (Å²) in [4.78, 5) is 12.7. The molecule has 0 aliphatic heterocycles. The van der Waals surface area contributed by atoms with E-state index >= 15 is 0 Å². The molecule has 0 bridgehead atoms. The largest absolute Gasteiger partial charge is 0.488 e. The van der Waals surface area contributed by atoms with Crippen molar-refractivity contribution in [1.29, 1.82) is 0 Å². The van der Waals surface area contributed by atoms with Gasteiger partial charge in [-0.2, -0.15) is 5.10 Å². The van der Waals surface area contributed by atoms with Gasteiger partial charge in [-0.05, 0) is 48.5 Å². The molecule has 1 amide bonds. The van der Waals surface area contributed by atoms with E-state index in [-0.39, 0.29) is 6.61 Å². The Morgan fingerprint density at radius 2 is 1.88 bits per heavy atom. The maximum Gasteiger partial charge on any atom is 0.275 e. The molecule has 0 atom stereocenters. The quantitative estimate of drug-likeness (QED) is 0.195. The summed E-state index contributed by atoms with van der Waals surface area (Å²) in [5.74, 6) is 1.20. The normalized spacial score (nSPS) is 11.0. The van der Waals surface area contributed by atoms with Crippen LogP contribution in [-0.2, 0) is 6.61 Å². The van der Waals surface area contributed by atoms with E-state index in [1.807, 2.05) is 30.3 Å². The minimum atomic E-state index is -0.414. The predicted octanol–water partition coefficient (Wildman–Crippen LogP) is 7.36. The number of carbonyl (C=O) groups is 1. The second kappa shape index (κ2) is 10.7. The van der Waals surface area contributed by atoms with Gasteiger partial charge in [0.1, 0.15) is 23.9 Å². The molecule has 1 aromatic heterocycles. The van der Waals surface area contributed by atoms with Crippen LogP contribution in [0.15, 0.2) is 92.9 Å². The second-order valence-corrected chi connectivity index (χ2v) is 8.69. The van der Waals surface area contributed by atoms with Crippen LogP contribution >= 0.6 is 39.1 Å². The number of benzene rings is 3. The summed E-state index contributed by atoms with van der Waals surface area (Å²) in [6.45, 7) is 0.189. The third kappa shape index (κ3) is 6.05. The molecule has 0 saturated carbocycles. The van der Waals surface area contributed by atoms with Crippen molar-refractivity contribution in [3.05, 3.63) is 110 Å². The van der Waals surface area contributed by atoms with Gasteiger partial charge in [-0.1, -0.05) is 69.5 Å². The van der Waals surface area contributed by atoms with Crippen LogP contribution in [0, 0.1) is 0 Å². The highest BCUT2D eigenvalue weighted by atomic mass is 79.9. The fraction of sp³-hybridized carbons (Fsp3) is 0.0400. The third-order valence-corrected chi connectivity index (χ3v) is 5.70. The first kappa shape index (κ1) is 23.1. The Hall–Kier alpha value is -3.06. The maximum atomic E-state index is 12.7. The fourth-order valence-corrected chi connectivity index (χ4v) is 3.87. The first-order valence-corrected chi connectivity index (χ1v) is 11.4. The molecule has 33 heavy (non-hydrogen) atoms. The molecular weight excluding hydrogens is 527 g/mol. The van der Waals surface area contributed by atoms with E-state index < -0.39 is 5.91 Å². The van der Waals surface area contributed by atoms with Crippen LogP contribution in [-0.4, -0.2) is 12.1 Å². The van der Waals surface area contributed by atoms with Crippen molar-refractivity contribution < 1.29 is 13.9 Å². The van der Waals surface area contributed by atoms with Crippen molar-refractivity contribution in [3.8, 4) is 17.1 Å². The number of hydrazone groups is 1. The molecule has 1 N–H and O–H groups in total. The number of carbonyl (C=O) groups excluding carboxylic acids is 1. The number of halogens is 3. The molecule has 0 unspecified atom stereocenters. The van der Waals surface area contributed by atoms with E-state index in [4.69, 9.17) is 32.4 Å². The molecule has 5 nitrogen and oxygen atoms in total. The summed E-state index contributed by atoms with van der Waals surface area (Å²) in [5, 5.41) is 5.05. The van der Waals surface area contributed by atoms with Gasteiger partial charge in [0.2, 0.25) is 0 Å². The Kier molecular flexibility index (Phi) is 7.50. The van der Waals surface area contributed by atoms with Crippen LogP contribution in [0.1, 0.15) is 21.7 Å². The molecule has 0 radical (unpaired) electrons. The summed E-state index contributed by atoms with van der Waals surface area (Å²) >= 11 is 15.6. The van der Waals surface area contributed by atoms with Crippen molar-refractivity contribution in [2.24, 2.45) is 5.10 Å². The van der Waals surface area contributed by atoms with Gasteiger partial charge in [-0.25, -0.2) is 5.43 Å². The molecule has 0 aliphatic rings. The third-order valence-electron chi connectivity index (χ3n) is 4.62. The average molecular weight is 544 g/mol. The first-order valence-electron chi connectivity index (χ1n) is 9.84. The summed E-state index contributed by atoms with van der Waals surface area (Å²) in [7, 11) is 0. The van der Waals surface area contributed by atoms with Gasteiger partial charge in [-0.3, -0.25) is 4.79 Å². The van der Waals surface area contributed by atoms with Crippen LogP contribution in [0.25, 0.3) is 11.3 Å². The first-order chi connectivity index (χ1) is 16.0. The lowest BCUT2D eigenvalue weighted by Gasteiger charge is -2.11. The molecule has 4 aromatic rings. The highest BCUT2D eigenvalue weighted by molar-refractivity contribution is 9.10. The Bertz CT molecular complexity index is 1320. The van der Waals surface area contributed by atoms with Gasteiger partial charge < -0.3 is 9.15 Å². The second-order valence-electron chi connectivity index (χ2n) is 6.93. The van der Waals surface area contributed by atoms with Crippen LogP contribution in [0.2, 0.25) is 10.0 Å². The van der Waals surface area contributed by atoms with Crippen LogP contribution in [0.4, 0.5) is 0 Å². The molecular formula is C25H17BrCl2N2O3. The number of para-hydroxylation sites is 1. The number of hydrogen-bond donors (Lipinski definition) is 1. The molecule has 3 aromatic carbocycles. The number of furan rings is 1. The van der Waals surface area contributed by atoms with E-state index in [1.54, 1.807) is 48.5 Å². The number of ether oxygens (including phenoxy) is 1. The highest BCUT2D eigenvalue weighted by Crippen LogP contribution is 2.26. The molecule has 166 valence electrons. The lowest BCUT2D eigenvalue weighted by atomic mass is 10.2. The van der Waals surface area contributed by atoms with Gasteiger partial charge in [-0.15, -0.1) is 0 Å². The Labute approximate surface area is 209 Å². The Balaban J connectivity index is 1.40. The zero-order valence-electron chi connectivity index (χ0n) is 17.1. The van der Waals surface area contributed by atoms with Crippen LogP contribution in [0.3, 0.4) is 0 Å². The summed E-state index contributed by atoms with van der Waals surface area (Å²) in [5.41, 5.74) is 4.53. The molecule has 8 heteroatoms. The summed E-state index contributed by atoms with van der Waals surface area (Å²) < 4.78 is 12.6. The van der Waals surface area contributed by atoms with Crippen molar-refractivity contribution >= 4 is 51.3 Å². The van der Waals surface area contributed by atoms with E-state index in [0.29, 0.717) is 32.9 Å². The number of nitrogens with zero attached hydrogens (tertiary/aromatic N) is 1. The Morgan fingerprint density at radius 1 is 1.03 bits per heavy atom. The van der Waals surface area contributed by atoms with Crippen molar-refractivity contribution in [2.45, 2.75) is 6.61 Å². The monoisotopic (exact) mass is 542 g/mol. The van der Waals surface area contributed by atoms with E-state index in [9.17, 15) is 4.79 Å². The standard InChI is InChI=1S/C25H17BrCl2N2O3/c26-18-5-3-4-16(12-18)23-11-10-20(33-23)14-29-30-25(31)21-6-1-2-7-24(21)32-15-17-8-9-19(27)13-22(17)28/h1-14H,15H2,(H,30,31)/b29-14+. The number of nitrogens with one attached hydrogen (secondary N) is 1. The molecule has 0 saturated heterocycles. The fourth-order valence-electron chi connectivity index (χ4n) is 3.01. The van der Waals surface area contributed by atoms with Gasteiger partial charge in [0.05, 0.1) is 11.8 Å². The molecule has 4 rings (SSSR count). The SMILES string of the molecule is O=C(N/N=C/c1ccc(-c2cccc(Br)c2)o1)c1ccccc1OCc1ccc(Cl)cc1Cl. The molecule has 0 aliphatic carbocycles. The summed E-state index contributed by atoms with van der Waals surface area (Å²) in [6.07, 6.45) is 1.44. The minimum Gasteiger partial charge on any atom is -0.488 e. The number of hydrogen-bond acceptors (Lipinski definition) is 4. The van der Waals surface area contributed by atoms with E-state index in [1.165, 1.54) is 6.21 Å². The Morgan fingerprint density at radius 3 is 2.70 bits per heavy atom. The lowest BCUT2D eigenvalue weighted by molar-refractivity contribution is 0.0950. The predicted molar refractivity (Wildman–Crippen MR) is 134 cm³/mol. The van der Waals surface area contributed by atoms with Crippen molar-refractivity contribution in [2.75, 3.05) is 0 Å². The van der Waals surface area contributed by atoms with Crippen molar-refractivity contribution in [3.63, 3.8) is 0 Å². The molecule has 0 spiro atoms. The molecule has 0 fully saturated rings. The van der Waals surface area contributed by atoms with Crippen LogP contribution < -0.4 is 10.2 Å². The summed E-state index contributed by atoms with van der Waals surface area (Å²) in [6, 6.07) is 23.4. The zero-order chi connectivity index (χ0) is 23.2. The lowest BCUT2D eigenvalue weighted by Crippen LogP contribution is -2.18.